The van der Waals surface area contributed by atoms with Crippen molar-refractivity contribution in [1.29, 1.82) is 0 Å². The molecule has 27 heavy (non-hydrogen) atoms. The monoisotopic (exact) mass is 364 g/mol. The summed E-state index contributed by atoms with van der Waals surface area (Å²) in [6, 6.07) is 13.0. The second kappa shape index (κ2) is 8.05. The van der Waals surface area contributed by atoms with Crippen molar-refractivity contribution in [1.82, 2.24) is 15.5 Å². The van der Waals surface area contributed by atoms with Crippen molar-refractivity contribution in [2.45, 2.75) is 12.5 Å². The molecular formula is C19H16N4O4. The lowest BCUT2D eigenvalue weighted by Crippen LogP contribution is -2.47. The summed E-state index contributed by atoms with van der Waals surface area (Å²) in [5, 5.41) is 6.35. The van der Waals surface area contributed by atoms with Crippen molar-refractivity contribution >= 4 is 17.6 Å². The van der Waals surface area contributed by atoms with E-state index in [1.807, 2.05) is 6.07 Å². The lowest BCUT2D eigenvalue weighted by molar-refractivity contribution is -0.137. The molecule has 0 fully saturated rings. The van der Waals surface area contributed by atoms with Crippen molar-refractivity contribution in [3.05, 3.63) is 72.1 Å². The van der Waals surface area contributed by atoms with Crippen molar-refractivity contribution < 1.29 is 18.9 Å². The second-order valence-corrected chi connectivity index (χ2v) is 5.74. The summed E-state index contributed by atoms with van der Waals surface area (Å²) in [6.45, 7) is 0. The van der Waals surface area contributed by atoms with Gasteiger partial charge in [0, 0.05) is 12.6 Å². The second-order valence-electron chi connectivity index (χ2n) is 5.74. The summed E-state index contributed by atoms with van der Waals surface area (Å²) in [5.74, 6) is -2.62. The van der Waals surface area contributed by atoms with Crippen LogP contribution in [-0.2, 0) is 16.0 Å². The molecule has 2 aromatic heterocycles. The number of primary amides is 1. The van der Waals surface area contributed by atoms with Crippen LogP contribution in [0, 0.1) is 0 Å². The molecule has 0 saturated carbocycles. The zero-order valence-electron chi connectivity index (χ0n) is 14.2. The summed E-state index contributed by atoms with van der Waals surface area (Å²) in [7, 11) is 0. The third-order valence-corrected chi connectivity index (χ3v) is 3.87. The number of hydrogen-bond acceptors (Lipinski definition) is 6. The molecule has 3 aromatic rings. The lowest BCUT2D eigenvalue weighted by atomic mass is 10.0. The molecule has 136 valence electrons. The molecule has 1 aromatic carbocycles. The van der Waals surface area contributed by atoms with Crippen molar-refractivity contribution in [3.63, 3.8) is 0 Å². The van der Waals surface area contributed by atoms with Gasteiger partial charge in [-0.2, -0.15) is 0 Å². The first-order chi connectivity index (χ1) is 13.1. The number of Topliss-reactive ketones (excluding diaryl/α,β-unsaturated/α-hetero) is 1. The first kappa shape index (κ1) is 18.0. The van der Waals surface area contributed by atoms with Crippen LogP contribution in [0.5, 0.6) is 0 Å². The molecule has 8 nitrogen and oxygen atoms in total. The fourth-order valence-corrected chi connectivity index (χ4v) is 2.55. The normalized spacial score (nSPS) is 11.6. The summed E-state index contributed by atoms with van der Waals surface area (Å²) in [5.41, 5.74) is 6.67. The van der Waals surface area contributed by atoms with E-state index in [4.69, 9.17) is 10.3 Å². The fourth-order valence-electron chi connectivity index (χ4n) is 2.55. The Kier molecular flexibility index (Phi) is 5.36. The largest absolute Gasteiger partial charge is 0.363 e. The van der Waals surface area contributed by atoms with Gasteiger partial charge in [-0.1, -0.05) is 41.6 Å². The minimum absolute atomic E-state index is 0.101. The molecule has 2 heterocycles. The number of benzene rings is 1. The summed E-state index contributed by atoms with van der Waals surface area (Å²) < 4.78 is 4.90. The van der Waals surface area contributed by atoms with Gasteiger partial charge < -0.3 is 15.6 Å². The van der Waals surface area contributed by atoms with Gasteiger partial charge in [0.05, 0.1) is 5.69 Å². The van der Waals surface area contributed by atoms with E-state index in [1.165, 1.54) is 0 Å². The van der Waals surface area contributed by atoms with Gasteiger partial charge in [0.25, 0.3) is 11.8 Å². The number of carbonyl (C=O) groups excluding carboxylic acids is 3. The van der Waals surface area contributed by atoms with Gasteiger partial charge in [-0.25, -0.2) is 0 Å². The van der Waals surface area contributed by atoms with Gasteiger partial charge in [0.2, 0.25) is 5.78 Å². The molecule has 0 aliphatic carbocycles. The number of nitrogens with zero attached hydrogens (tertiary/aromatic N) is 2. The predicted molar refractivity (Wildman–Crippen MR) is 95.3 cm³/mol. The minimum atomic E-state index is -1.12. The number of rotatable bonds is 7. The van der Waals surface area contributed by atoms with E-state index in [-0.39, 0.29) is 17.7 Å². The van der Waals surface area contributed by atoms with Gasteiger partial charge >= 0.3 is 0 Å². The van der Waals surface area contributed by atoms with Crippen LogP contribution >= 0.6 is 0 Å². The molecule has 0 bridgehead atoms. The predicted octanol–water partition coefficient (Wildman–Crippen LogP) is 1.13. The molecule has 2 amide bonds. The topological polar surface area (TPSA) is 128 Å². The van der Waals surface area contributed by atoms with Gasteiger partial charge in [-0.15, -0.1) is 0 Å². The number of aromatic nitrogens is 2. The molecular weight excluding hydrogens is 348 g/mol. The van der Waals surface area contributed by atoms with Crippen molar-refractivity contribution in [3.8, 4) is 11.4 Å². The third-order valence-electron chi connectivity index (χ3n) is 3.87. The smallest absolute Gasteiger partial charge is 0.287 e. The van der Waals surface area contributed by atoms with E-state index < -0.39 is 23.6 Å². The molecule has 1 unspecified atom stereocenters. The van der Waals surface area contributed by atoms with E-state index in [0.717, 1.165) is 11.8 Å². The minimum Gasteiger partial charge on any atom is -0.363 e. The van der Waals surface area contributed by atoms with Crippen LogP contribution in [0.1, 0.15) is 15.9 Å². The van der Waals surface area contributed by atoms with Gasteiger partial charge in [-0.05, 0) is 17.7 Å². The molecule has 0 aliphatic heterocycles. The molecule has 0 saturated heterocycles. The molecule has 0 aliphatic rings. The van der Waals surface area contributed by atoms with Crippen LogP contribution in [0.3, 0.4) is 0 Å². The molecule has 1 atom stereocenters. The Balaban J connectivity index is 1.84. The van der Waals surface area contributed by atoms with E-state index in [0.29, 0.717) is 5.69 Å². The zero-order valence-corrected chi connectivity index (χ0v) is 14.2. The highest BCUT2D eigenvalue weighted by Gasteiger charge is 2.28. The zero-order chi connectivity index (χ0) is 19.2. The van der Waals surface area contributed by atoms with E-state index in [1.54, 1.807) is 48.7 Å². The van der Waals surface area contributed by atoms with Crippen LogP contribution in [0.25, 0.3) is 11.4 Å². The maximum atomic E-state index is 12.7. The molecule has 8 heteroatoms. The highest BCUT2D eigenvalue weighted by molar-refractivity contribution is 6.38. The average molecular weight is 364 g/mol. The molecule has 0 radical (unpaired) electrons. The van der Waals surface area contributed by atoms with Crippen molar-refractivity contribution in [2.24, 2.45) is 5.73 Å². The standard InChI is InChI=1S/C19H16N4O4/c20-18(25)17(24)15(10-12-6-2-1-3-7-12)22-19(26)13-11-27-23-16(13)14-8-4-5-9-21-14/h1-9,11,15H,10H2,(H2,20,25)(H,22,26). The number of nitrogens with two attached hydrogens (primary N) is 1. The Bertz CT molecular complexity index is 954. The van der Waals surface area contributed by atoms with Crippen LogP contribution < -0.4 is 11.1 Å². The van der Waals surface area contributed by atoms with Crippen LogP contribution in [-0.4, -0.2) is 33.8 Å². The van der Waals surface area contributed by atoms with E-state index >= 15 is 0 Å². The summed E-state index contributed by atoms with van der Waals surface area (Å²) in [6.07, 6.45) is 2.84. The van der Waals surface area contributed by atoms with E-state index in [9.17, 15) is 14.4 Å². The number of hydrogen-bond donors (Lipinski definition) is 2. The maximum Gasteiger partial charge on any atom is 0.287 e. The highest BCUT2D eigenvalue weighted by atomic mass is 16.5. The maximum absolute atomic E-state index is 12.7. The number of pyridine rings is 1. The van der Waals surface area contributed by atoms with E-state index in [2.05, 4.69) is 15.5 Å². The Labute approximate surface area is 154 Å². The third kappa shape index (κ3) is 4.24. The number of ketones is 1. The number of amides is 2. The Morgan fingerprint density at radius 1 is 1.07 bits per heavy atom. The summed E-state index contributed by atoms with van der Waals surface area (Å²) >= 11 is 0. The average Bonchev–Trinajstić information content (AvgIpc) is 3.18. The Hall–Kier alpha value is -3.81. The first-order valence-electron chi connectivity index (χ1n) is 8.10. The number of carbonyl (C=O) groups is 3. The van der Waals surface area contributed by atoms with Gasteiger partial charge in [0.1, 0.15) is 23.6 Å². The molecule has 3 rings (SSSR count). The lowest BCUT2D eigenvalue weighted by Gasteiger charge is -2.16. The Morgan fingerprint density at radius 2 is 1.81 bits per heavy atom. The fraction of sp³-hybridized carbons (Fsp3) is 0.105. The van der Waals surface area contributed by atoms with Gasteiger partial charge in [-0.3, -0.25) is 19.4 Å². The highest BCUT2D eigenvalue weighted by Crippen LogP contribution is 2.19. The quantitative estimate of drug-likeness (QED) is 0.605. The number of nitrogens with one attached hydrogen (secondary N) is 1. The van der Waals surface area contributed by atoms with Crippen molar-refractivity contribution in [2.75, 3.05) is 0 Å². The van der Waals surface area contributed by atoms with Crippen LogP contribution in [0.2, 0.25) is 0 Å². The van der Waals surface area contributed by atoms with Gasteiger partial charge in [0.15, 0.2) is 0 Å². The Morgan fingerprint density at radius 3 is 2.48 bits per heavy atom. The SMILES string of the molecule is NC(=O)C(=O)C(Cc1ccccc1)NC(=O)c1conc1-c1ccccn1. The first-order valence-corrected chi connectivity index (χ1v) is 8.10. The summed E-state index contributed by atoms with van der Waals surface area (Å²) in [4.78, 5) is 40.3. The van der Waals surface area contributed by atoms with Crippen LogP contribution in [0.15, 0.2) is 65.5 Å². The molecule has 0 spiro atoms. The van der Waals surface area contributed by atoms with Crippen LogP contribution in [0.4, 0.5) is 0 Å². The molecule has 3 N–H and O–H groups in total.